The second-order valence-corrected chi connectivity index (χ2v) is 7.46. The van der Waals surface area contributed by atoms with Gasteiger partial charge in [0.1, 0.15) is 11.4 Å². The molecule has 2 aromatic heterocycles. The van der Waals surface area contributed by atoms with Crippen LogP contribution in [0.3, 0.4) is 0 Å². The average molecular weight is 400 g/mol. The molecule has 4 aromatic rings. The van der Waals surface area contributed by atoms with Crippen LogP contribution in [-0.4, -0.2) is 28.1 Å². The maximum atomic E-state index is 12.8. The van der Waals surface area contributed by atoms with Gasteiger partial charge in [-0.2, -0.15) is 0 Å². The summed E-state index contributed by atoms with van der Waals surface area (Å²) in [7, 11) is 0. The monoisotopic (exact) mass is 400 g/mol. The minimum absolute atomic E-state index is 0.0833. The Hall–Kier alpha value is -3.87. The van der Waals surface area contributed by atoms with Gasteiger partial charge in [-0.3, -0.25) is 14.9 Å². The van der Waals surface area contributed by atoms with Crippen LogP contribution in [0.5, 0.6) is 0 Å². The molecule has 0 unspecified atom stereocenters. The van der Waals surface area contributed by atoms with E-state index in [2.05, 4.69) is 15.8 Å². The van der Waals surface area contributed by atoms with Crippen molar-refractivity contribution in [2.75, 3.05) is 11.9 Å². The Morgan fingerprint density at radius 1 is 1.13 bits per heavy atom. The summed E-state index contributed by atoms with van der Waals surface area (Å²) in [6.45, 7) is 3.40. The van der Waals surface area contributed by atoms with Crippen LogP contribution in [0.15, 0.2) is 59.1 Å². The molecule has 0 radical (unpaired) electrons. The molecule has 0 fully saturated rings. The maximum absolute atomic E-state index is 12.8. The first-order valence-corrected chi connectivity index (χ1v) is 9.85. The Morgan fingerprint density at radius 2 is 1.97 bits per heavy atom. The highest BCUT2D eigenvalue weighted by Crippen LogP contribution is 2.25. The molecule has 0 saturated heterocycles. The van der Waals surface area contributed by atoms with Gasteiger partial charge in [0, 0.05) is 41.2 Å². The second kappa shape index (κ2) is 7.18. The molecule has 3 heterocycles. The van der Waals surface area contributed by atoms with Crippen molar-refractivity contribution in [2.24, 2.45) is 0 Å². The third-order valence-corrected chi connectivity index (χ3v) is 5.34. The summed E-state index contributed by atoms with van der Waals surface area (Å²) in [6, 6.07) is 16.9. The number of fused-ring (bicyclic) bond motifs is 3. The molecule has 1 aliphatic heterocycles. The van der Waals surface area contributed by atoms with Gasteiger partial charge >= 0.3 is 0 Å². The molecule has 30 heavy (non-hydrogen) atoms. The van der Waals surface area contributed by atoms with E-state index in [1.54, 1.807) is 12.1 Å². The second-order valence-electron chi connectivity index (χ2n) is 7.46. The molecule has 0 atom stereocenters. The fourth-order valence-corrected chi connectivity index (χ4v) is 3.73. The van der Waals surface area contributed by atoms with Crippen LogP contribution in [0.2, 0.25) is 0 Å². The summed E-state index contributed by atoms with van der Waals surface area (Å²) < 4.78 is 7.27. The zero-order chi connectivity index (χ0) is 20.7. The van der Waals surface area contributed by atoms with Crippen LogP contribution in [0.4, 0.5) is 5.88 Å². The van der Waals surface area contributed by atoms with E-state index in [1.807, 2.05) is 54.0 Å². The van der Waals surface area contributed by atoms with Crippen LogP contribution in [0.25, 0.3) is 22.2 Å². The summed E-state index contributed by atoms with van der Waals surface area (Å²) >= 11 is 0. The Kier molecular flexibility index (Phi) is 4.35. The summed E-state index contributed by atoms with van der Waals surface area (Å²) in [5, 5.41) is 10.6. The number of aromatic nitrogens is 2. The third kappa shape index (κ3) is 3.24. The van der Waals surface area contributed by atoms with Crippen molar-refractivity contribution < 1.29 is 14.1 Å². The predicted molar refractivity (Wildman–Crippen MR) is 114 cm³/mol. The molecule has 2 amide bonds. The Balaban J connectivity index is 1.41. The number of anilines is 1. The van der Waals surface area contributed by atoms with Gasteiger partial charge in [-0.05, 0) is 31.5 Å². The molecule has 0 spiro atoms. The lowest BCUT2D eigenvalue weighted by molar-refractivity contribution is 0.0950. The quantitative estimate of drug-likeness (QED) is 0.544. The van der Waals surface area contributed by atoms with Gasteiger partial charge in [0.05, 0.1) is 0 Å². The highest BCUT2D eigenvalue weighted by atomic mass is 16.5. The first-order chi connectivity index (χ1) is 14.6. The maximum Gasteiger partial charge on any atom is 0.267 e. The minimum atomic E-state index is -0.294. The summed E-state index contributed by atoms with van der Waals surface area (Å²) in [6.07, 6.45) is 0.846. The van der Waals surface area contributed by atoms with Gasteiger partial charge in [-0.25, -0.2) is 0 Å². The van der Waals surface area contributed by atoms with E-state index in [4.69, 9.17) is 4.52 Å². The summed E-state index contributed by atoms with van der Waals surface area (Å²) in [5.41, 5.74) is 4.71. The van der Waals surface area contributed by atoms with E-state index in [0.717, 1.165) is 35.0 Å². The normalized spacial score (nSPS) is 13.6. The molecule has 0 bridgehead atoms. The van der Waals surface area contributed by atoms with Crippen molar-refractivity contribution in [3.63, 3.8) is 0 Å². The van der Waals surface area contributed by atoms with E-state index in [9.17, 15) is 9.59 Å². The molecule has 0 saturated carbocycles. The number of nitrogens with zero attached hydrogens (tertiary/aromatic N) is 2. The molecular weight excluding hydrogens is 380 g/mol. The van der Waals surface area contributed by atoms with Crippen molar-refractivity contribution >= 4 is 28.6 Å². The van der Waals surface area contributed by atoms with Crippen LogP contribution in [-0.2, 0) is 6.54 Å². The van der Waals surface area contributed by atoms with Crippen molar-refractivity contribution in [1.82, 2.24) is 15.0 Å². The van der Waals surface area contributed by atoms with Crippen molar-refractivity contribution in [2.45, 2.75) is 19.9 Å². The number of carbonyl (C=O) groups is 2. The molecule has 2 aromatic carbocycles. The van der Waals surface area contributed by atoms with Gasteiger partial charge in [0.25, 0.3) is 11.8 Å². The molecule has 0 aliphatic carbocycles. The van der Waals surface area contributed by atoms with Crippen molar-refractivity contribution in [1.29, 1.82) is 0 Å². The van der Waals surface area contributed by atoms with Gasteiger partial charge in [0.2, 0.25) is 5.88 Å². The zero-order valence-electron chi connectivity index (χ0n) is 16.4. The molecule has 1 aliphatic rings. The van der Waals surface area contributed by atoms with Crippen LogP contribution < -0.4 is 10.6 Å². The lowest BCUT2D eigenvalue weighted by Crippen LogP contribution is -2.22. The molecule has 150 valence electrons. The van der Waals surface area contributed by atoms with Gasteiger partial charge in [-0.1, -0.05) is 41.1 Å². The molecule has 7 nitrogen and oxygen atoms in total. The Morgan fingerprint density at radius 3 is 2.80 bits per heavy atom. The van der Waals surface area contributed by atoms with Gasteiger partial charge in [-0.15, -0.1) is 0 Å². The number of amides is 2. The number of nitrogens with one attached hydrogen (secondary N) is 2. The standard InChI is InChI=1S/C23H20N4O3/c1-14-3-5-15(6-4-14)18-13-21(30-26-18)25-22(28)17-8-7-16-11-20-23(29)24-9-2-10-27(20)19(16)12-17/h3-8,11-13H,2,9-10H2,1H3,(H,24,29)(H,25,28). The van der Waals surface area contributed by atoms with E-state index < -0.39 is 0 Å². The van der Waals surface area contributed by atoms with Crippen molar-refractivity contribution in [3.8, 4) is 11.3 Å². The SMILES string of the molecule is Cc1ccc(-c2cc(NC(=O)c3ccc4cc5n(c4c3)CCCNC5=O)on2)cc1. The smallest absolute Gasteiger partial charge is 0.267 e. The van der Waals surface area contributed by atoms with Crippen LogP contribution in [0, 0.1) is 6.92 Å². The summed E-state index contributed by atoms with van der Waals surface area (Å²) in [4.78, 5) is 25.0. The zero-order valence-corrected chi connectivity index (χ0v) is 16.4. The lowest BCUT2D eigenvalue weighted by atomic mass is 10.1. The third-order valence-electron chi connectivity index (χ3n) is 5.34. The topological polar surface area (TPSA) is 89.2 Å². The van der Waals surface area contributed by atoms with E-state index in [-0.39, 0.29) is 17.7 Å². The van der Waals surface area contributed by atoms with Gasteiger partial charge in [0.15, 0.2) is 0 Å². The van der Waals surface area contributed by atoms with E-state index >= 15 is 0 Å². The van der Waals surface area contributed by atoms with Crippen LogP contribution in [0.1, 0.15) is 32.8 Å². The Labute approximate surface area is 172 Å². The lowest BCUT2D eigenvalue weighted by Gasteiger charge is -2.06. The van der Waals surface area contributed by atoms with E-state index in [0.29, 0.717) is 23.5 Å². The number of hydrogen-bond donors (Lipinski definition) is 2. The average Bonchev–Trinajstić information content (AvgIpc) is 3.31. The largest absolute Gasteiger partial charge is 0.351 e. The van der Waals surface area contributed by atoms with E-state index in [1.165, 1.54) is 0 Å². The molecular formula is C23H20N4O3. The molecule has 5 rings (SSSR count). The fourth-order valence-electron chi connectivity index (χ4n) is 3.73. The number of hydrogen-bond acceptors (Lipinski definition) is 4. The summed E-state index contributed by atoms with van der Waals surface area (Å²) in [5.74, 6) is -0.0961. The number of benzene rings is 2. The molecule has 7 heteroatoms. The predicted octanol–water partition coefficient (Wildman–Crippen LogP) is 3.99. The fraction of sp³-hybridized carbons (Fsp3) is 0.174. The highest BCUT2D eigenvalue weighted by Gasteiger charge is 2.19. The molecule has 2 N–H and O–H groups in total. The first-order valence-electron chi connectivity index (χ1n) is 9.85. The van der Waals surface area contributed by atoms with Gasteiger partial charge < -0.3 is 14.4 Å². The highest BCUT2D eigenvalue weighted by molar-refractivity contribution is 6.07. The van der Waals surface area contributed by atoms with Crippen LogP contribution >= 0.6 is 0 Å². The number of carbonyl (C=O) groups excluding carboxylic acids is 2. The minimum Gasteiger partial charge on any atom is -0.351 e. The first kappa shape index (κ1) is 18.2. The Bertz CT molecular complexity index is 1270. The number of rotatable bonds is 3. The number of aryl methyl sites for hydroxylation is 2. The van der Waals surface area contributed by atoms with Crippen molar-refractivity contribution in [3.05, 3.63) is 71.4 Å².